The summed E-state index contributed by atoms with van der Waals surface area (Å²) >= 11 is 0. The molecule has 0 spiro atoms. The lowest BCUT2D eigenvalue weighted by molar-refractivity contribution is 0.202. The summed E-state index contributed by atoms with van der Waals surface area (Å²) in [5.41, 5.74) is 4.08. The first-order valence-corrected chi connectivity index (χ1v) is 6.88. The lowest BCUT2D eigenvalue weighted by Crippen LogP contribution is -2.35. The zero-order chi connectivity index (χ0) is 13.1. The van der Waals surface area contributed by atoms with E-state index in [0.29, 0.717) is 12.1 Å². The molecule has 3 aliphatic rings. The van der Waals surface area contributed by atoms with Crippen molar-refractivity contribution >= 4 is 0 Å². The van der Waals surface area contributed by atoms with Crippen molar-refractivity contribution in [3.8, 4) is 11.5 Å². The van der Waals surface area contributed by atoms with Crippen LogP contribution in [0.5, 0.6) is 11.5 Å². The second kappa shape index (κ2) is 3.87. The van der Waals surface area contributed by atoms with E-state index in [1.54, 1.807) is 14.2 Å². The number of likely N-dealkylation sites (N-methyl/N-ethyl adjacent to an activating group) is 1. The van der Waals surface area contributed by atoms with E-state index in [1.807, 2.05) is 0 Å². The summed E-state index contributed by atoms with van der Waals surface area (Å²) in [6, 6.07) is 2.63. The van der Waals surface area contributed by atoms with E-state index in [1.165, 1.54) is 16.7 Å². The predicted octanol–water partition coefficient (Wildman–Crippen LogP) is 2.08. The standard InChI is InChI=1S/C15H19NO3/c1-16-5-4-8-6-10(17-2)14(18-3)13-12(8)9(16)7-11-15(13)19-11/h6,9,11,15H,4-5,7H2,1-3H3/t9-,11+,15+/m0/s1. The Morgan fingerprint density at radius 3 is 2.84 bits per heavy atom. The summed E-state index contributed by atoms with van der Waals surface area (Å²) in [5.74, 6) is 1.71. The minimum Gasteiger partial charge on any atom is -0.493 e. The van der Waals surface area contributed by atoms with E-state index in [9.17, 15) is 0 Å². The molecule has 1 aromatic rings. The van der Waals surface area contributed by atoms with Crippen LogP contribution in [0.3, 0.4) is 0 Å². The van der Waals surface area contributed by atoms with Gasteiger partial charge in [0.1, 0.15) is 6.10 Å². The third-order valence-electron chi connectivity index (χ3n) is 4.76. The Labute approximate surface area is 113 Å². The molecule has 0 N–H and O–H groups in total. The molecule has 4 nitrogen and oxygen atoms in total. The van der Waals surface area contributed by atoms with Gasteiger partial charge in [-0.1, -0.05) is 0 Å². The predicted molar refractivity (Wildman–Crippen MR) is 70.9 cm³/mol. The van der Waals surface area contributed by atoms with Crippen LogP contribution in [0.2, 0.25) is 0 Å². The number of methoxy groups -OCH3 is 2. The van der Waals surface area contributed by atoms with Crippen molar-refractivity contribution in [2.24, 2.45) is 0 Å². The Morgan fingerprint density at radius 1 is 1.26 bits per heavy atom. The van der Waals surface area contributed by atoms with E-state index in [0.717, 1.165) is 30.9 Å². The molecule has 4 rings (SSSR count). The highest BCUT2D eigenvalue weighted by Gasteiger charge is 2.52. The molecular weight excluding hydrogens is 242 g/mol. The van der Waals surface area contributed by atoms with Gasteiger partial charge in [-0.2, -0.15) is 0 Å². The number of ether oxygens (including phenoxy) is 3. The van der Waals surface area contributed by atoms with Gasteiger partial charge in [-0.3, -0.25) is 4.90 Å². The topological polar surface area (TPSA) is 34.2 Å². The molecule has 0 amide bonds. The van der Waals surface area contributed by atoms with Gasteiger partial charge in [0, 0.05) is 18.2 Å². The number of epoxide rings is 1. The summed E-state index contributed by atoms with van der Waals surface area (Å²) in [6.45, 7) is 1.10. The molecule has 1 saturated heterocycles. The monoisotopic (exact) mass is 261 g/mol. The van der Waals surface area contributed by atoms with Crippen molar-refractivity contribution in [2.45, 2.75) is 31.1 Å². The lowest BCUT2D eigenvalue weighted by atomic mass is 9.80. The van der Waals surface area contributed by atoms with Gasteiger partial charge in [0.25, 0.3) is 0 Å². The number of hydrogen-bond donors (Lipinski definition) is 0. The number of fused-ring (bicyclic) bond motifs is 2. The maximum absolute atomic E-state index is 5.85. The van der Waals surface area contributed by atoms with Gasteiger partial charge in [-0.05, 0) is 37.1 Å². The molecule has 3 atom stereocenters. The van der Waals surface area contributed by atoms with Crippen LogP contribution in [0, 0.1) is 0 Å². The fraction of sp³-hybridized carbons (Fsp3) is 0.600. The molecule has 1 aliphatic carbocycles. The molecule has 102 valence electrons. The van der Waals surface area contributed by atoms with Crippen LogP contribution in [0.4, 0.5) is 0 Å². The Bertz CT molecular complexity index is 543. The Balaban J connectivity index is 1.98. The smallest absolute Gasteiger partial charge is 0.166 e. The van der Waals surface area contributed by atoms with Crippen molar-refractivity contribution in [2.75, 3.05) is 27.8 Å². The maximum Gasteiger partial charge on any atom is 0.166 e. The fourth-order valence-electron chi connectivity index (χ4n) is 3.74. The first-order chi connectivity index (χ1) is 9.24. The third kappa shape index (κ3) is 1.47. The van der Waals surface area contributed by atoms with Crippen molar-refractivity contribution in [3.05, 3.63) is 22.8 Å². The summed E-state index contributed by atoms with van der Waals surface area (Å²) in [7, 11) is 5.63. The molecule has 0 unspecified atom stereocenters. The molecule has 4 heteroatoms. The van der Waals surface area contributed by atoms with Crippen LogP contribution < -0.4 is 9.47 Å². The van der Waals surface area contributed by atoms with Crippen LogP contribution in [0.1, 0.15) is 35.3 Å². The van der Waals surface area contributed by atoms with Crippen molar-refractivity contribution in [3.63, 3.8) is 0 Å². The van der Waals surface area contributed by atoms with E-state index in [-0.39, 0.29) is 6.10 Å². The highest BCUT2D eigenvalue weighted by atomic mass is 16.6. The van der Waals surface area contributed by atoms with Crippen LogP contribution >= 0.6 is 0 Å². The molecule has 1 fully saturated rings. The van der Waals surface area contributed by atoms with E-state index in [4.69, 9.17) is 14.2 Å². The Morgan fingerprint density at radius 2 is 2.11 bits per heavy atom. The van der Waals surface area contributed by atoms with Gasteiger partial charge in [-0.25, -0.2) is 0 Å². The SMILES string of the molecule is COc1cc2c3c(c1OC)[C@@H]1O[C@@H]1C[C@@H]3N(C)CC2. The van der Waals surface area contributed by atoms with Crippen LogP contribution in [-0.4, -0.2) is 38.8 Å². The maximum atomic E-state index is 5.85. The Hall–Kier alpha value is -1.26. The van der Waals surface area contributed by atoms with Crippen molar-refractivity contribution < 1.29 is 14.2 Å². The molecule has 0 aromatic heterocycles. The zero-order valence-electron chi connectivity index (χ0n) is 11.6. The first-order valence-electron chi connectivity index (χ1n) is 6.88. The summed E-state index contributed by atoms with van der Waals surface area (Å²) in [5, 5.41) is 0. The van der Waals surface area contributed by atoms with E-state index in [2.05, 4.69) is 18.0 Å². The van der Waals surface area contributed by atoms with E-state index >= 15 is 0 Å². The molecule has 2 aliphatic heterocycles. The minimum atomic E-state index is 0.224. The van der Waals surface area contributed by atoms with Gasteiger partial charge >= 0.3 is 0 Å². The molecule has 19 heavy (non-hydrogen) atoms. The third-order valence-corrected chi connectivity index (χ3v) is 4.76. The highest BCUT2D eigenvalue weighted by Crippen LogP contribution is 2.58. The second-order valence-electron chi connectivity index (χ2n) is 5.68. The largest absolute Gasteiger partial charge is 0.493 e. The Kier molecular flexibility index (Phi) is 2.35. The zero-order valence-corrected chi connectivity index (χ0v) is 11.6. The molecule has 0 radical (unpaired) electrons. The molecular formula is C15H19NO3. The number of rotatable bonds is 2. The summed E-state index contributed by atoms with van der Waals surface area (Å²) in [6.07, 6.45) is 2.78. The average molecular weight is 261 g/mol. The molecule has 0 bridgehead atoms. The second-order valence-corrected chi connectivity index (χ2v) is 5.68. The van der Waals surface area contributed by atoms with Crippen LogP contribution in [0.15, 0.2) is 6.07 Å². The summed E-state index contributed by atoms with van der Waals surface area (Å²) < 4.78 is 17.0. The van der Waals surface area contributed by atoms with Crippen molar-refractivity contribution in [1.82, 2.24) is 4.90 Å². The lowest BCUT2D eigenvalue weighted by Gasteiger charge is -2.38. The van der Waals surface area contributed by atoms with Gasteiger partial charge in [-0.15, -0.1) is 0 Å². The summed E-state index contributed by atoms with van der Waals surface area (Å²) in [4.78, 5) is 2.44. The van der Waals surface area contributed by atoms with Crippen molar-refractivity contribution in [1.29, 1.82) is 0 Å². The highest BCUT2D eigenvalue weighted by molar-refractivity contribution is 5.59. The number of benzene rings is 1. The normalized spacial score (nSPS) is 31.4. The first kappa shape index (κ1) is 11.6. The number of nitrogens with zero attached hydrogens (tertiary/aromatic N) is 1. The fourth-order valence-corrected chi connectivity index (χ4v) is 3.74. The quantitative estimate of drug-likeness (QED) is 0.763. The average Bonchev–Trinajstić information content (AvgIpc) is 3.20. The van der Waals surface area contributed by atoms with E-state index < -0.39 is 0 Å². The molecule has 2 heterocycles. The van der Waals surface area contributed by atoms with Crippen LogP contribution in [-0.2, 0) is 11.2 Å². The minimum absolute atomic E-state index is 0.224. The molecule has 1 aromatic carbocycles. The molecule has 0 saturated carbocycles. The number of hydrogen-bond acceptors (Lipinski definition) is 4. The van der Waals surface area contributed by atoms with Gasteiger partial charge in [0.15, 0.2) is 11.5 Å². The van der Waals surface area contributed by atoms with Gasteiger partial charge < -0.3 is 14.2 Å². The van der Waals surface area contributed by atoms with Gasteiger partial charge in [0.2, 0.25) is 0 Å². The van der Waals surface area contributed by atoms with Gasteiger partial charge in [0.05, 0.1) is 20.3 Å². The van der Waals surface area contributed by atoms with Crippen LogP contribution in [0.25, 0.3) is 0 Å².